The van der Waals surface area contributed by atoms with E-state index in [-0.39, 0.29) is 0 Å². The highest BCUT2D eigenvalue weighted by molar-refractivity contribution is 4.95. The Kier molecular flexibility index (Phi) is 4.91. The zero-order chi connectivity index (χ0) is 14.7. The summed E-state index contributed by atoms with van der Waals surface area (Å²) in [5.41, 5.74) is 1.14. The van der Waals surface area contributed by atoms with E-state index in [4.69, 9.17) is 4.74 Å². The van der Waals surface area contributed by atoms with Crippen LogP contribution in [0.5, 0.6) is 0 Å². The molecule has 0 amide bonds. The van der Waals surface area contributed by atoms with Gasteiger partial charge in [-0.15, -0.1) is 5.10 Å². The van der Waals surface area contributed by atoms with E-state index in [1.165, 1.54) is 38.8 Å². The van der Waals surface area contributed by atoms with Gasteiger partial charge in [-0.05, 0) is 38.0 Å². The fraction of sp³-hybridized carbons (Fsp3) is 0.875. The lowest BCUT2D eigenvalue weighted by molar-refractivity contribution is 0.0211. The first-order valence-electron chi connectivity index (χ1n) is 8.45. The molecule has 0 atom stereocenters. The number of likely N-dealkylation sites (tertiary alicyclic amines) is 1. The topological polar surface area (TPSA) is 43.2 Å². The van der Waals surface area contributed by atoms with Crippen LogP contribution in [-0.2, 0) is 11.2 Å². The molecule has 5 nitrogen and oxygen atoms in total. The largest absolute Gasteiger partial charge is 0.381 e. The number of rotatable bonds is 4. The van der Waals surface area contributed by atoms with E-state index >= 15 is 0 Å². The van der Waals surface area contributed by atoms with E-state index in [0.717, 1.165) is 31.4 Å². The van der Waals surface area contributed by atoms with Gasteiger partial charge in [-0.3, -0.25) is 0 Å². The Labute approximate surface area is 127 Å². The quantitative estimate of drug-likeness (QED) is 0.854. The second kappa shape index (κ2) is 6.88. The van der Waals surface area contributed by atoms with Crippen molar-refractivity contribution in [3.05, 3.63) is 11.9 Å². The third-order valence-electron chi connectivity index (χ3n) is 4.76. The molecule has 0 aliphatic carbocycles. The van der Waals surface area contributed by atoms with Gasteiger partial charge in [0.05, 0.1) is 11.7 Å². The van der Waals surface area contributed by atoms with Gasteiger partial charge < -0.3 is 9.64 Å². The van der Waals surface area contributed by atoms with E-state index in [1.807, 2.05) is 0 Å². The lowest BCUT2D eigenvalue weighted by Gasteiger charge is -2.39. The smallest absolute Gasteiger partial charge is 0.0829 e. The van der Waals surface area contributed by atoms with Crippen LogP contribution in [0, 0.1) is 5.92 Å². The minimum absolute atomic E-state index is 0.537. The second-order valence-electron chi connectivity index (χ2n) is 6.90. The first-order valence-corrected chi connectivity index (χ1v) is 8.45. The molecule has 0 unspecified atom stereocenters. The summed E-state index contributed by atoms with van der Waals surface area (Å²) in [5.74, 6) is 0.644. The van der Waals surface area contributed by atoms with Crippen LogP contribution in [0.3, 0.4) is 0 Å². The van der Waals surface area contributed by atoms with Gasteiger partial charge in [-0.1, -0.05) is 19.1 Å². The van der Waals surface area contributed by atoms with Crippen LogP contribution < -0.4 is 0 Å². The van der Waals surface area contributed by atoms with Crippen LogP contribution >= 0.6 is 0 Å². The van der Waals surface area contributed by atoms with E-state index in [1.54, 1.807) is 0 Å². The highest BCUT2D eigenvalue weighted by atomic mass is 16.5. The van der Waals surface area contributed by atoms with Gasteiger partial charge in [0.15, 0.2) is 0 Å². The lowest BCUT2D eigenvalue weighted by atomic mass is 10.00. The molecule has 3 heterocycles. The molecule has 2 aliphatic rings. The van der Waals surface area contributed by atoms with Crippen molar-refractivity contribution in [2.75, 3.05) is 26.3 Å². The molecule has 1 aromatic rings. The summed E-state index contributed by atoms with van der Waals surface area (Å²) >= 11 is 0. The summed E-state index contributed by atoms with van der Waals surface area (Å²) in [4.78, 5) is 2.66. The average molecular weight is 292 g/mol. The molecule has 2 saturated heterocycles. The predicted molar refractivity (Wildman–Crippen MR) is 82.2 cm³/mol. The Hall–Kier alpha value is -0.940. The van der Waals surface area contributed by atoms with Crippen molar-refractivity contribution in [2.24, 2.45) is 5.92 Å². The Balaban J connectivity index is 1.51. The van der Waals surface area contributed by atoms with Gasteiger partial charge in [0, 0.05) is 38.5 Å². The summed E-state index contributed by atoms with van der Waals surface area (Å²) in [6.07, 6.45) is 7.98. The van der Waals surface area contributed by atoms with Gasteiger partial charge in [0.1, 0.15) is 0 Å². The summed E-state index contributed by atoms with van der Waals surface area (Å²) in [5, 5.41) is 8.68. The molecule has 0 radical (unpaired) electrons. The van der Waals surface area contributed by atoms with Crippen molar-refractivity contribution in [2.45, 2.75) is 58.0 Å². The molecule has 2 fully saturated rings. The van der Waals surface area contributed by atoms with Crippen LogP contribution in [0.25, 0.3) is 0 Å². The van der Waals surface area contributed by atoms with Gasteiger partial charge in [-0.25, -0.2) is 4.68 Å². The number of nitrogens with zero attached hydrogens (tertiary/aromatic N) is 4. The third kappa shape index (κ3) is 3.83. The standard InChI is InChI=1S/C16H28N4O/c1-13(2)11-14-12-20(18-17-14)16-3-7-19(8-4-16)15-5-9-21-10-6-15/h12-13,15-16H,3-11H2,1-2H3. The molecule has 5 heteroatoms. The Morgan fingerprint density at radius 3 is 2.52 bits per heavy atom. The lowest BCUT2D eigenvalue weighted by Crippen LogP contribution is -2.44. The maximum Gasteiger partial charge on any atom is 0.0829 e. The number of ether oxygens (including phenoxy) is 1. The Morgan fingerprint density at radius 1 is 1.14 bits per heavy atom. The molecule has 0 N–H and O–H groups in total. The van der Waals surface area contributed by atoms with E-state index in [0.29, 0.717) is 12.0 Å². The van der Waals surface area contributed by atoms with Crippen molar-refractivity contribution >= 4 is 0 Å². The second-order valence-corrected chi connectivity index (χ2v) is 6.90. The zero-order valence-electron chi connectivity index (χ0n) is 13.4. The van der Waals surface area contributed by atoms with Crippen molar-refractivity contribution in [3.63, 3.8) is 0 Å². The molecular formula is C16H28N4O. The summed E-state index contributed by atoms with van der Waals surface area (Å²) in [7, 11) is 0. The van der Waals surface area contributed by atoms with Crippen molar-refractivity contribution < 1.29 is 4.74 Å². The highest BCUT2D eigenvalue weighted by Gasteiger charge is 2.27. The molecule has 3 rings (SSSR count). The van der Waals surface area contributed by atoms with Crippen LogP contribution in [0.1, 0.15) is 51.3 Å². The van der Waals surface area contributed by atoms with Crippen molar-refractivity contribution in [1.82, 2.24) is 19.9 Å². The minimum Gasteiger partial charge on any atom is -0.381 e. The fourth-order valence-corrected chi connectivity index (χ4v) is 3.57. The molecule has 1 aromatic heterocycles. The molecule has 2 aliphatic heterocycles. The fourth-order valence-electron chi connectivity index (χ4n) is 3.57. The molecule has 0 saturated carbocycles. The van der Waals surface area contributed by atoms with Crippen LogP contribution in [0.15, 0.2) is 6.20 Å². The molecule has 0 spiro atoms. The average Bonchev–Trinajstić information content (AvgIpc) is 2.96. The Morgan fingerprint density at radius 2 is 1.86 bits per heavy atom. The predicted octanol–water partition coefficient (Wildman–Crippen LogP) is 2.29. The minimum atomic E-state index is 0.537. The number of aromatic nitrogens is 3. The number of hydrogen-bond acceptors (Lipinski definition) is 4. The van der Waals surface area contributed by atoms with E-state index < -0.39 is 0 Å². The van der Waals surface area contributed by atoms with Gasteiger partial charge in [0.25, 0.3) is 0 Å². The number of piperidine rings is 1. The maximum absolute atomic E-state index is 5.47. The summed E-state index contributed by atoms with van der Waals surface area (Å²) in [6, 6.07) is 1.28. The van der Waals surface area contributed by atoms with Crippen molar-refractivity contribution in [1.29, 1.82) is 0 Å². The van der Waals surface area contributed by atoms with Crippen LogP contribution in [0.4, 0.5) is 0 Å². The van der Waals surface area contributed by atoms with Gasteiger partial charge in [-0.2, -0.15) is 0 Å². The zero-order valence-corrected chi connectivity index (χ0v) is 13.4. The summed E-state index contributed by atoms with van der Waals surface area (Å²) < 4.78 is 7.58. The first-order chi connectivity index (χ1) is 10.2. The highest BCUT2D eigenvalue weighted by Crippen LogP contribution is 2.26. The maximum atomic E-state index is 5.47. The number of hydrogen-bond donors (Lipinski definition) is 0. The van der Waals surface area contributed by atoms with Crippen molar-refractivity contribution in [3.8, 4) is 0 Å². The molecule has 0 aromatic carbocycles. The molecule has 118 valence electrons. The van der Waals surface area contributed by atoms with E-state index in [9.17, 15) is 0 Å². The van der Waals surface area contributed by atoms with Crippen LogP contribution in [0.2, 0.25) is 0 Å². The Bertz CT molecular complexity index is 431. The van der Waals surface area contributed by atoms with Gasteiger partial charge >= 0.3 is 0 Å². The molecule has 0 bridgehead atoms. The monoisotopic (exact) mass is 292 g/mol. The van der Waals surface area contributed by atoms with Crippen LogP contribution in [-0.4, -0.2) is 52.2 Å². The normalized spacial score (nSPS) is 23.0. The van der Waals surface area contributed by atoms with E-state index in [2.05, 4.69) is 39.9 Å². The van der Waals surface area contributed by atoms with Gasteiger partial charge in [0.2, 0.25) is 0 Å². The molecular weight excluding hydrogens is 264 g/mol. The molecule has 21 heavy (non-hydrogen) atoms. The third-order valence-corrected chi connectivity index (χ3v) is 4.76. The SMILES string of the molecule is CC(C)Cc1cn(C2CCN(C3CCOCC3)CC2)nn1. The first kappa shape index (κ1) is 15.0. The summed E-state index contributed by atoms with van der Waals surface area (Å²) in [6.45, 7) is 8.71.